The molecule has 2 aromatic carbocycles. The summed E-state index contributed by atoms with van der Waals surface area (Å²) in [7, 11) is 0. The smallest absolute Gasteiger partial charge is 0.404 e. The molecule has 11 heteroatoms. The predicted molar refractivity (Wildman–Crippen MR) is 119 cm³/mol. The summed E-state index contributed by atoms with van der Waals surface area (Å²) in [6, 6.07) is 13.4. The van der Waals surface area contributed by atoms with Crippen molar-refractivity contribution in [2.45, 2.75) is 25.0 Å². The number of hydrogen-bond acceptors (Lipinski definition) is 8. The van der Waals surface area contributed by atoms with Crippen LogP contribution in [-0.4, -0.2) is 26.1 Å². The number of nitro groups is 1. The molecule has 1 heterocycles. The van der Waals surface area contributed by atoms with Crippen LogP contribution in [0.5, 0.6) is 0 Å². The Morgan fingerprint density at radius 3 is 2.78 bits per heavy atom. The Balaban J connectivity index is 1.80. The van der Waals surface area contributed by atoms with Crippen LogP contribution in [0.2, 0.25) is 0 Å². The molecule has 0 bridgehead atoms. The zero-order valence-electron chi connectivity index (χ0n) is 16.9. The molecule has 0 atom stereocenters. The molecule has 3 aromatic rings. The van der Waals surface area contributed by atoms with Crippen LogP contribution in [-0.2, 0) is 13.1 Å². The Kier molecular flexibility index (Phi) is 7.20. The lowest BCUT2D eigenvalue weighted by Gasteiger charge is -2.13. The first-order valence-electron chi connectivity index (χ1n) is 9.35. The second-order valence-electron chi connectivity index (χ2n) is 6.64. The highest BCUT2D eigenvalue weighted by Gasteiger charge is 2.18. The number of amides is 1. The third-order valence-corrected chi connectivity index (χ3v) is 5.22. The van der Waals surface area contributed by atoms with Crippen molar-refractivity contribution < 1.29 is 14.8 Å². The van der Waals surface area contributed by atoms with E-state index < -0.39 is 11.0 Å². The van der Waals surface area contributed by atoms with Gasteiger partial charge in [0.25, 0.3) is 0 Å². The molecular formula is C21H18N6O4S. The molecule has 3 N–H and O–H groups in total. The number of carbonyl (C=O) groups is 1. The van der Waals surface area contributed by atoms with E-state index in [0.29, 0.717) is 18.3 Å². The van der Waals surface area contributed by atoms with Crippen molar-refractivity contribution in [2.24, 2.45) is 0 Å². The van der Waals surface area contributed by atoms with Crippen LogP contribution >= 0.6 is 11.8 Å². The lowest BCUT2D eigenvalue weighted by atomic mass is 9.95. The average Bonchev–Trinajstić information content (AvgIpc) is 2.77. The van der Waals surface area contributed by atoms with Crippen LogP contribution in [0.4, 0.5) is 16.4 Å². The van der Waals surface area contributed by atoms with Crippen LogP contribution in [0, 0.1) is 27.7 Å². The number of benzene rings is 2. The Bertz CT molecular complexity index is 1210. The molecule has 0 saturated heterocycles. The minimum absolute atomic E-state index is 0.0211. The molecule has 0 radical (unpaired) electrons. The van der Waals surface area contributed by atoms with Gasteiger partial charge in [0.2, 0.25) is 5.95 Å². The van der Waals surface area contributed by atoms with Crippen LogP contribution in [0.1, 0.15) is 16.7 Å². The molecule has 162 valence electrons. The number of thiocyanates is 1. The van der Waals surface area contributed by atoms with E-state index >= 15 is 0 Å². The first-order chi connectivity index (χ1) is 15.4. The fraction of sp³-hybridized carbons (Fsp3) is 0.143. The molecule has 0 unspecified atom stereocenters. The number of thioether (sulfide) groups is 1. The van der Waals surface area contributed by atoms with Crippen molar-refractivity contribution in [3.63, 3.8) is 0 Å². The number of nitrogens with zero attached hydrogens (tertiary/aromatic N) is 4. The highest BCUT2D eigenvalue weighted by molar-refractivity contribution is 8.03. The number of rotatable bonds is 8. The summed E-state index contributed by atoms with van der Waals surface area (Å²) in [6.45, 7) is 2.56. The summed E-state index contributed by atoms with van der Waals surface area (Å²) in [5.74, 6) is 0.180. The molecule has 32 heavy (non-hydrogen) atoms. The standard InChI is InChI=1S/C21H18N6O4S/c1-13-16(10-23-20-24-11-18(27(30)31)19(26-20)32-12-22)6-3-7-17(13)15-5-2-4-14(8-15)9-25-21(28)29/h2-8,11,25H,9-10H2,1H3,(H,28,29)(H,23,24,26). The second-order valence-corrected chi connectivity index (χ2v) is 7.41. The third kappa shape index (κ3) is 5.50. The number of hydrogen-bond donors (Lipinski definition) is 3. The number of nitrogens with one attached hydrogen (secondary N) is 2. The van der Waals surface area contributed by atoms with Gasteiger partial charge in [-0.15, -0.1) is 0 Å². The molecule has 0 aliphatic rings. The summed E-state index contributed by atoms with van der Waals surface area (Å²) >= 11 is 0.607. The largest absolute Gasteiger partial charge is 0.465 e. The summed E-state index contributed by atoms with van der Waals surface area (Å²) < 4.78 is 0. The maximum absolute atomic E-state index is 11.1. The van der Waals surface area contributed by atoms with Crippen molar-refractivity contribution in [2.75, 3.05) is 5.32 Å². The van der Waals surface area contributed by atoms with E-state index in [1.54, 1.807) is 5.40 Å². The molecule has 0 aliphatic heterocycles. The van der Waals surface area contributed by atoms with Gasteiger partial charge in [0.15, 0.2) is 5.03 Å². The lowest BCUT2D eigenvalue weighted by molar-refractivity contribution is -0.388. The van der Waals surface area contributed by atoms with Gasteiger partial charge in [-0.2, -0.15) is 10.2 Å². The second kappa shape index (κ2) is 10.2. The maximum Gasteiger partial charge on any atom is 0.404 e. The van der Waals surface area contributed by atoms with Gasteiger partial charge in [-0.05, 0) is 40.8 Å². The fourth-order valence-corrected chi connectivity index (χ4v) is 3.53. The van der Waals surface area contributed by atoms with Gasteiger partial charge in [0, 0.05) is 24.9 Å². The van der Waals surface area contributed by atoms with E-state index in [-0.39, 0.29) is 23.2 Å². The van der Waals surface area contributed by atoms with Crippen molar-refractivity contribution in [3.8, 4) is 16.5 Å². The van der Waals surface area contributed by atoms with Gasteiger partial charge >= 0.3 is 11.8 Å². The molecule has 10 nitrogen and oxygen atoms in total. The Morgan fingerprint density at radius 2 is 2.06 bits per heavy atom. The molecule has 0 fully saturated rings. The zero-order valence-corrected chi connectivity index (χ0v) is 17.7. The summed E-state index contributed by atoms with van der Waals surface area (Å²) in [4.78, 5) is 29.2. The van der Waals surface area contributed by atoms with Gasteiger partial charge in [0.05, 0.1) is 4.92 Å². The van der Waals surface area contributed by atoms with Crippen molar-refractivity contribution in [1.29, 1.82) is 5.26 Å². The SMILES string of the molecule is Cc1c(CNc2ncc([N+](=O)[O-])c(SC#N)n2)cccc1-c1cccc(CNC(=O)O)c1. The minimum atomic E-state index is -1.08. The number of anilines is 1. The van der Waals surface area contributed by atoms with Gasteiger partial charge in [-0.3, -0.25) is 10.1 Å². The lowest BCUT2D eigenvalue weighted by Crippen LogP contribution is -2.19. The van der Waals surface area contributed by atoms with Gasteiger partial charge in [0.1, 0.15) is 11.6 Å². The van der Waals surface area contributed by atoms with Gasteiger partial charge in [-0.1, -0.05) is 36.4 Å². The van der Waals surface area contributed by atoms with Gasteiger partial charge in [-0.25, -0.2) is 9.78 Å². The van der Waals surface area contributed by atoms with Crippen molar-refractivity contribution in [1.82, 2.24) is 15.3 Å². The molecule has 3 rings (SSSR count). The number of carboxylic acid groups (broad SMARTS) is 1. The molecule has 1 aromatic heterocycles. The van der Waals surface area contributed by atoms with Crippen molar-refractivity contribution in [3.05, 3.63) is 75.5 Å². The molecule has 0 spiro atoms. The van der Waals surface area contributed by atoms with E-state index in [0.717, 1.165) is 34.0 Å². The summed E-state index contributed by atoms with van der Waals surface area (Å²) in [5.41, 5.74) is 4.44. The number of nitriles is 1. The topological polar surface area (TPSA) is 154 Å². The Hall–Kier alpha value is -4.17. The monoisotopic (exact) mass is 450 g/mol. The van der Waals surface area contributed by atoms with Crippen LogP contribution in [0.3, 0.4) is 0 Å². The van der Waals surface area contributed by atoms with E-state index in [9.17, 15) is 14.9 Å². The average molecular weight is 450 g/mol. The van der Waals surface area contributed by atoms with Crippen LogP contribution in [0.15, 0.2) is 53.7 Å². The third-order valence-electron chi connectivity index (χ3n) is 4.64. The van der Waals surface area contributed by atoms with E-state index in [1.165, 1.54) is 0 Å². The molecular weight excluding hydrogens is 432 g/mol. The first kappa shape index (κ1) is 22.5. The van der Waals surface area contributed by atoms with Crippen molar-refractivity contribution >= 4 is 29.5 Å². The quantitative estimate of drug-likeness (QED) is 0.150. The first-order valence-corrected chi connectivity index (χ1v) is 10.2. The normalized spacial score (nSPS) is 10.2. The predicted octanol–water partition coefficient (Wildman–Crippen LogP) is 4.31. The summed E-state index contributed by atoms with van der Waals surface area (Å²) in [5, 5.41) is 35.9. The maximum atomic E-state index is 11.1. The molecule has 0 saturated carbocycles. The Labute approximate surface area is 187 Å². The zero-order chi connectivity index (χ0) is 23.1. The van der Waals surface area contributed by atoms with E-state index in [1.807, 2.05) is 49.4 Å². The van der Waals surface area contributed by atoms with Crippen LogP contribution < -0.4 is 10.6 Å². The fourth-order valence-electron chi connectivity index (χ4n) is 3.08. The molecule has 0 aliphatic carbocycles. The van der Waals surface area contributed by atoms with E-state index in [2.05, 4.69) is 20.6 Å². The highest BCUT2D eigenvalue weighted by atomic mass is 32.2. The minimum Gasteiger partial charge on any atom is -0.465 e. The van der Waals surface area contributed by atoms with E-state index in [4.69, 9.17) is 10.4 Å². The highest BCUT2D eigenvalue weighted by Crippen LogP contribution is 2.28. The number of aromatic nitrogens is 2. The van der Waals surface area contributed by atoms with Crippen LogP contribution in [0.25, 0.3) is 11.1 Å². The van der Waals surface area contributed by atoms with Gasteiger partial charge < -0.3 is 15.7 Å². The molecule has 1 amide bonds. The Morgan fingerprint density at radius 1 is 1.28 bits per heavy atom. The summed E-state index contributed by atoms with van der Waals surface area (Å²) in [6.07, 6.45) is -0.000899.